The Hall–Kier alpha value is -3.26. The van der Waals surface area contributed by atoms with E-state index in [1.807, 2.05) is 29.1 Å². The highest BCUT2D eigenvalue weighted by molar-refractivity contribution is 5.78. The van der Waals surface area contributed by atoms with Crippen LogP contribution in [0, 0.1) is 0 Å². The second-order valence-electron chi connectivity index (χ2n) is 10.0. The monoisotopic (exact) mass is 498 g/mol. The van der Waals surface area contributed by atoms with Crippen LogP contribution in [0.3, 0.4) is 0 Å². The fourth-order valence-corrected chi connectivity index (χ4v) is 5.13. The molecule has 0 saturated carbocycles. The molecule has 194 valence electrons. The first-order chi connectivity index (χ1) is 18.2. The maximum atomic E-state index is 12.5. The van der Waals surface area contributed by atoms with Crippen LogP contribution in [0.5, 0.6) is 0 Å². The summed E-state index contributed by atoms with van der Waals surface area (Å²) in [5, 5.41) is 7.64. The third-order valence-corrected chi connectivity index (χ3v) is 7.32. The maximum absolute atomic E-state index is 12.5. The molecule has 1 N–H and O–H groups in total. The number of nitrogens with one attached hydrogen (secondary N) is 1. The van der Waals surface area contributed by atoms with Crippen LogP contribution in [0.25, 0.3) is 11.3 Å². The van der Waals surface area contributed by atoms with Crippen molar-refractivity contribution in [2.24, 2.45) is 0 Å². The first-order valence-electron chi connectivity index (χ1n) is 13.5. The first-order valence-corrected chi connectivity index (χ1v) is 13.5. The van der Waals surface area contributed by atoms with E-state index in [9.17, 15) is 4.79 Å². The van der Waals surface area contributed by atoms with Gasteiger partial charge in [0.1, 0.15) is 0 Å². The quantitative estimate of drug-likeness (QED) is 0.435. The Morgan fingerprint density at radius 1 is 0.865 bits per heavy atom. The Morgan fingerprint density at radius 3 is 2.32 bits per heavy atom. The summed E-state index contributed by atoms with van der Waals surface area (Å²) < 4.78 is 1.92. The molecule has 0 atom stereocenters. The molecule has 1 saturated heterocycles. The van der Waals surface area contributed by atoms with Crippen LogP contribution in [0.4, 0.5) is 0 Å². The van der Waals surface area contributed by atoms with E-state index >= 15 is 0 Å². The number of amides is 1. The lowest BCUT2D eigenvalue weighted by atomic mass is 10.0. The summed E-state index contributed by atoms with van der Waals surface area (Å²) >= 11 is 0. The third kappa shape index (κ3) is 7.38. The second-order valence-corrected chi connectivity index (χ2v) is 10.0. The van der Waals surface area contributed by atoms with Gasteiger partial charge in [-0.3, -0.25) is 14.6 Å². The van der Waals surface area contributed by atoms with Gasteiger partial charge in [0, 0.05) is 64.1 Å². The zero-order valence-corrected chi connectivity index (χ0v) is 21.6. The molecule has 2 aromatic carbocycles. The van der Waals surface area contributed by atoms with Crippen molar-refractivity contribution in [3.05, 3.63) is 90.3 Å². The van der Waals surface area contributed by atoms with Gasteiger partial charge in [-0.25, -0.2) is 4.68 Å². The molecular weight excluding hydrogens is 460 g/mol. The van der Waals surface area contributed by atoms with Crippen molar-refractivity contribution in [1.82, 2.24) is 29.8 Å². The van der Waals surface area contributed by atoms with E-state index in [0.717, 1.165) is 83.0 Å². The lowest BCUT2D eigenvalue weighted by Crippen LogP contribution is -2.46. The summed E-state index contributed by atoms with van der Waals surface area (Å²) in [6.07, 6.45) is 8.20. The van der Waals surface area contributed by atoms with Crippen molar-refractivity contribution < 1.29 is 4.79 Å². The van der Waals surface area contributed by atoms with Gasteiger partial charge in [-0.15, -0.1) is 0 Å². The van der Waals surface area contributed by atoms with Gasteiger partial charge in [0.25, 0.3) is 0 Å². The van der Waals surface area contributed by atoms with E-state index in [2.05, 4.69) is 79.9 Å². The molecule has 3 heterocycles. The number of piperazine rings is 1. The van der Waals surface area contributed by atoms with Crippen LogP contribution in [0.15, 0.2) is 79.1 Å². The lowest BCUT2D eigenvalue weighted by Gasteiger charge is -2.34. The highest BCUT2D eigenvalue weighted by Crippen LogP contribution is 2.22. The maximum Gasteiger partial charge on any atom is 0.234 e. The van der Waals surface area contributed by atoms with E-state index in [0.29, 0.717) is 6.54 Å². The van der Waals surface area contributed by atoms with E-state index in [-0.39, 0.29) is 5.91 Å². The Labute approximate surface area is 220 Å². The van der Waals surface area contributed by atoms with Crippen LogP contribution < -0.4 is 5.32 Å². The summed E-state index contributed by atoms with van der Waals surface area (Å²) in [5.74, 6) is 0.126. The molecular formula is C30H38N6O. The minimum atomic E-state index is 0.126. The van der Waals surface area contributed by atoms with Gasteiger partial charge in [-0.2, -0.15) is 5.10 Å². The zero-order chi connectivity index (χ0) is 25.3. The molecule has 7 heteroatoms. The third-order valence-electron chi connectivity index (χ3n) is 7.32. The summed E-state index contributed by atoms with van der Waals surface area (Å²) in [6.45, 7) is 9.41. The molecule has 1 aromatic heterocycles. The molecule has 2 aliphatic heterocycles. The number of benzene rings is 2. The van der Waals surface area contributed by atoms with Crippen molar-refractivity contribution in [2.75, 3.05) is 58.9 Å². The smallest absolute Gasteiger partial charge is 0.234 e. The Kier molecular flexibility index (Phi) is 8.79. The molecule has 5 rings (SSSR count). The molecule has 1 amide bonds. The Balaban J connectivity index is 0.961. The van der Waals surface area contributed by atoms with Crippen molar-refractivity contribution in [2.45, 2.75) is 19.4 Å². The number of aromatic nitrogens is 2. The highest BCUT2D eigenvalue weighted by atomic mass is 16.2. The molecule has 0 radical (unpaired) electrons. The van der Waals surface area contributed by atoms with Crippen LogP contribution in [0.1, 0.15) is 24.0 Å². The molecule has 0 spiro atoms. The van der Waals surface area contributed by atoms with Gasteiger partial charge < -0.3 is 10.2 Å². The topological polar surface area (TPSA) is 56.6 Å². The molecule has 7 nitrogen and oxygen atoms in total. The molecule has 3 aromatic rings. The van der Waals surface area contributed by atoms with Gasteiger partial charge in [0.15, 0.2) is 0 Å². The summed E-state index contributed by atoms with van der Waals surface area (Å²) in [7, 11) is 0. The molecule has 1 fully saturated rings. The number of para-hydroxylation sites is 1. The zero-order valence-electron chi connectivity index (χ0n) is 21.6. The van der Waals surface area contributed by atoms with Crippen molar-refractivity contribution in [3.63, 3.8) is 0 Å². The fraction of sp³-hybridized carbons (Fsp3) is 0.400. The lowest BCUT2D eigenvalue weighted by molar-refractivity contribution is -0.122. The van der Waals surface area contributed by atoms with Gasteiger partial charge in [0.05, 0.1) is 18.4 Å². The van der Waals surface area contributed by atoms with Crippen LogP contribution in [0.2, 0.25) is 0 Å². The number of hydrogen-bond acceptors (Lipinski definition) is 5. The van der Waals surface area contributed by atoms with Gasteiger partial charge in [0.2, 0.25) is 5.91 Å². The van der Waals surface area contributed by atoms with E-state index in [4.69, 9.17) is 0 Å². The Bertz CT molecular complexity index is 1150. The SMILES string of the molecule is O=C(CN1CC=C(c2cnn(-c3ccccc3)c2)CC1)NCCCN1CCN(Cc2ccccc2)CC1. The predicted molar refractivity (Wildman–Crippen MR) is 148 cm³/mol. The molecule has 0 bridgehead atoms. The molecule has 0 unspecified atom stereocenters. The van der Waals surface area contributed by atoms with Gasteiger partial charge in [-0.1, -0.05) is 54.6 Å². The van der Waals surface area contributed by atoms with Crippen LogP contribution in [-0.4, -0.2) is 89.3 Å². The molecule has 37 heavy (non-hydrogen) atoms. The Morgan fingerprint density at radius 2 is 1.59 bits per heavy atom. The van der Waals surface area contributed by atoms with Crippen LogP contribution in [-0.2, 0) is 11.3 Å². The number of hydrogen-bond donors (Lipinski definition) is 1. The number of rotatable bonds is 10. The minimum Gasteiger partial charge on any atom is -0.355 e. The van der Waals surface area contributed by atoms with E-state index in [1.54, 1.807) is 0 Å². The second kappa shape index (κ2) is 12.8. The predicted octanol–water partition coefficient (Wildman–Crippen LogP) is 3.29. The van der Waals surface area contributed by atoms with Gasteiger partial charge >= 0.3 is 0 Å². The standard InChI is InChI=1S/C30H38N6O/c37-30(31-14-7-15-33-18-20-35(21-19-33)23-26-8-3-1-4-9-26)25-34-16-12-27(13-17-34)28-22-32-36(24-28)29-10-5-2-6-11-29/h1-6,8-12,22,24H,7,13-21,23,25H2,(H,31,37). The molecule has 2 aliphatic rings. The van der Waals surface area contributed by atoms with Crippen molar-refractivity contribution in [3.8, 4) is 5.69 Å². The van der Waals surface area contributed by atoms with E-state index < -0.39 is 0 Å². The van der Waals surface area contributed by atoms with E-state index in [1.165, 1.54) is 11.1 Å². The minimum absolute atomic E-state index is 0.126. The summed E-state index contributed by atoms with van der Waals surface area (Å²) in [6, 6.07) is 20.9. The normalized spacial score (nSPS) is 17.5. The summed E-state index contributed by atoms with van der Waals surface area (Å²) in [4.78, 5) is 19.7. The number of nitrogens with zero attached hydrogens (tertiary/aromatic N) is 5. The summed E-state index contributed by atoms with van der Waals surface area (Å²) in [5.41, 5.74) is 4.92. The largest absolute Gasteiger partial charge is 0.355 e. The van der Waals surface area contributed by atoms with Gasteiger partial charge in [-0.05, 0) is 42.7 Å². The average molecular weight is 499 g/mol. The van der Waals surface area contributed by atoms with Crippen molar-refractivity contribution in [1.29, 1.82) is 0 Å². The number of carbonyl (C=O) groups excluding carboxylic acids is 1. The number of carbonyl (C=O) groups is 1. The molecule has 0 aliphatic carbocycles. The highest BCUT2D eigenvalue weighted by Gasteiger charge is 2.18. The fourth-order valence-electron chi connectivity index (χ4n) is 5.13. The first kappa shape index (κ1) is 25.4. The van der Waals surface area contributed by atoms with Crippen molar-refractivity contribution >= 4 is 11.5 Å². The average Bonchev–Trinajstić information content (AvgIpc) is 3.44. The van der Waals surface area contributed by atoms with Crippen LogP contribution >= 0.6 is 0 Å².